The fourth-order valence-corrected chi connectivity index (χ4v) is 4.83. The van der Waals surface area contributed by atoms with Crippen LogP contribution in [0, 0.1) is 10.1 Å². The molecule has 12 heteroatoms. The first kappa shape index (κ1) is 24.5. The van der Waals surface area contributed by atoms with Crippen LogP contribution in [-0.4, -0.2) is 32.5 Å². The molecule has 0 aromatic heterocycles. The number of ether oxygens (including phenoxy) is 3. The van der Waals surface area contributed by atoms with E-state index in [1.165, 1.54) is 30.3 Å². The van der Waals surface area contributed by atoms with Crippen molar-refractivity contribution in [2.24, 2.45) is 0 Å². The van der Waals surface area contributed by atoms with Crippen LogP contribution in [0.2, 0.25) is 0 Å². The summed E-state index contributed by atoms with van der Waals surface area (Å²) in [4.78, 5) is 22.8. The Morgan fingerprint density at radius 2 is 1.77 bits per heavy atom. The molecule has 0 unspecified atom stereocenters. The van der Waals surface area contributed by atoms with E-state index in [1.807, 2.05) is 0 Å². The standard InChI is InChI=1S/C23H19BrN2O8S/c24-19-13-22-21(32-9-4-10-33-22)11-15(19)14-34-23(27)18-7-1-2-8-20(18)25-35(30,31)17-6-3-5-16(12-17)26(28)29/h1-3,5-8,11-13,25H,4,9-10,14H2. The predicted octanol–water partition coefficient (Wildman–Crippen LogP) is 4.68. The topological polar surface area (TPSA) is 134 Å². The number of nitrogens with one attached hydrogen (secondary N) is 1. The molecule has 1 heterocycles. The van der Waals surface area contributed by atoms with E-state index in [0.717, 1.165) is 12.5 Å². The van der Waals surface area contributed by atoms with Gasteiger partial charge >= 0.3 is 5.97 Å². The molecule has 3 aromatic carbocycles. The van der Waals surface area contributed by atoms with E-state index >= 15 is 0 Å². The molecular weight excluding hydrogens is 544 g/mol. The number of anilines is 1. The Bertz CT molecular complexity index is 1390. The van der Waals surface area contributed by atoms with Crippen LogP contribution >= 0.6 is 15.9 Å². The highest BCUT2D eigenvalue weighted by Crippen LogP contribution is 2.35. The number of para-hydroxylation sites is 1. The number of nitro benzene ring substituents is 1. The zero-order chi connectivity index (χ0) is 25.0. The molecule has 1 aliphatic heterocycles. The molecule has 0 bridgehead atoms. The van der Waals surface area contributed by atoms with Crippen LogP contribution in [0.5, 0.6) is 11.5 Å². The van der Waals surface area contributed by atoms with Crippen LogP contribution in [0.25, 0.3) is 0 Å². The van der Waals surface area contributed by atoms with Crippen molar-refractivity contribution in [3.63, 3.8) is 0 Å². The fraction of sp³-hybridized carbons (Fsp3) is 0.174. The second-order valence-corrected chi connectivity index (χ2v) is 9.96. The van der Waals surface area contributed by atoms with Crippen molar-refractivity contribution >= 4 is 43.3 Å². The van der Waals surface area contributed by atoms with Crippen molar-refractivity contribution in [1.29, 1.82) is 0 Å². The van der Waals surface area contributed by atoms with E-state index in [-0.39, 0.29) is 28.4 Å². The van der Waals surface area contributed by atoms with E-state index in [9.17, 15) is 23.3 Å². The molecule has 0 saturated carbocycles. The van der Waals surface area contributed by atoms with Crippen molar-refractivity contribution in [2.45, 2.75) is 17.9 Å². The summed E-state index contributed by atoms with van der Waals surface area (Å²) in [5, 5.41) is 11.0. The van der Waals surface area contributed by atoms with Gasteiger partial charge in [0, 0.05) is 28.6 Å². The number of benzene rings is 3. The van der Waals surface area contributed by atoms with Gasteiger partial charge in [0.2, 0.25) is 0 Å². The number of nitrogens with zero attached hydrogens (tertiary/aromatic N) is 1. The number of non-ortho nitro benzene ring substituents is 1. The number of fused-ring (bicyclic) bond motifs is 1. The summed E-state index contributed by atoms with van der Waals surface area (Å²) in [6, 6.07) is 14.0. The maximum atomic E-state index is 12.8. The van der Waals surface area contributed by atoms with Crippen LogP contribution in [0.15, 0.2) is 70.0 Å². The molecule has 0 spiro atoms. The number of carbonyl (C=O) groups is 1. The SMILES string of the molecule is O=C(OCc1cc2c(cc1Br)OCCCO2)c1ccccc1NS(=O)(=O)c1cccc([N+](=O)[O-])c1. The lowest BCUT2D eigenvalue weighted by molar-refractivity contribution is -0.385. The summed E-state index contributed by atoms with van der Waals surface area (Å²) in [6.07, 6.45) is 0.750. The Hall–Kier alpha value is -3.64. The van der Waals surface area contributed by atoms with E-state index in [0.29, 0.717) is 34.7 Å². The Balaban J connectivity index is 1.52. The lowest BCUT2D eigenvalue weighted by Crippen LogP contribution is -2.16. The van der Waals surface area contributed by atoms with Crippen molar-refractivity contribution in [3.05, 3.63) is 86.4 Å². The Kier molecular flexibility index (Phi) is 7.22. The van der Waals surface area contributed by atoms with Crippen molar-refractivity contribution in [2.75, 3.05) is 17.9 Å². The Morgan fingerprint density at radius 3 is 2.51 bits per heavy atom. The first-order valence-electron chi connectivity index (χ1n) is 10.4. The summed E-state index contributed by atoms with van der Waals surface area (Å²) < 4.78 is 45.4. The lowest BCUT2D eigenvalue weighted by atomic mass is 10.2. The Morgan fingerprint density at radius 1 is 1.06 bits per heavy atom. The number of hydrogen-bond donors (Lipinski definition) is 1. The number of carbonyl (C=O) groups excluding carboxylic acids is 1. The van der Waals surface area contributed by atoms with E-state index < -0.39 is 20.9 Å². The van der Waals surface area contributed by atoms with Gasteiger partial charge in [0.05, 0.1) is 34.3 Å². The first-order valence-corrected chi connectivity index (χ1v) is 12.6. The second kappa shape index (κ2) is 10.3. The monoisotopic (exact) mass is 562 g/mol. The van der Waals surface area contributed by atoms with Crippen LogP contribution in [-0.2, 0) is 21.4 Å². The molecule has 3 aromatic rings. The molecule has 1 aliphatic rings. The second-order valence-electron chi connectivity index (χ2n) is 7.42. The van der Waals surface area contributed by atoms with Gasteiger partial charge in [-0.2, -0.15) is 0 Å². The molecule has 10 nitrogen and oxygen atoms in total. The van der Waals surface area contributed by atoms with Gasteiger partial charge in [0.15, 0.2) is 11.5 Å². The van der Waals surface area contributed by atoms with Gasteiger partial charge in [-0.3, -0.25) is 14.8 Å². The minimum Gasteiger partial charge on any atom is -0.490 e. The number of esters is 1. The number of rotatable bonds is 7. The summed E-state index contributed by atoms with van der Waals surface area (Å²) in [6.45, 7) is 0.935. The van der Waals surface area contributed by atoms with Gasteiger partial charge in [0.25, 0.3) is 15.7 Å². The zero-order valence-corrected chi connectivity index (χ0v) is 20.5. The summed E-state index contributed by atoms with van der Waals surface area (Å²) in [5.41, 5.74) is 0.215. The molecule has 0 fully saturated rings. The molecule has 1 N–H and O–H groups in total. The number of nitro groups is 1. The summed E-state index contributed by atoms with van der Waals surface area (Å²) >= 11 is 3.44. The summed E-state index contributed by atoms with van der Waals surface area (Å²) in [5.74, 6) is 0.369. The molecule has 0 saturated heterocycles. The third kappa shape index (κ3) is 5.72. The molecule has 182 valence electrons. The average Bonchev–Trinajstić information content (AvgIpc) is 3.07. The number of sulfonamides is 1. The van der Waals surface area contributed by atoms with Gasteiger partial charge < -0.3 is 14.2 Å². The van der Waals surface area contributed by atoms with E-state index in [2.05, 4.69) is 20.7 Å². The smallest absolute Gasteiger partial charge is 0.340 e. The maximum absolute atomic E-state index is 12.8. The molecule has 4 rings (SSSR count). The third-order valence-corrected chi connectivity index (χ3v) is 7.11. The lowest BCUT2D eigenvalue weighted by Gasteiger charge is -2.14. The largest absolute Gasteiger partial charge is 0.490 e. The summed E-state index contributed by atoms with van der Waals surface area (Å²) in [7, 11) is -4.21. The number of hydrogen-bond acceptors (Lipinski definition) is 8. The molecule has 0 radical (unpaired) electrons. The highest BCUT2D eigenvalue weighted by atomic mass is 79.9. The van der Waals surface area contributed by atoms with Crippen LogP contribution in [0.1, 0.15) is 22.3 Å². The van der Waals surface area contributed by atoms with Gasteiger partial charge in [-0.25, -0.2) is 13.2 Å². The van der Waals surface area contributed by atoms with Gasteiger partial charge in [0.1, 0.15) is 6.61 Å². The van der Waals surface area contributed by atoms with Crippen molar-refractivity contribution in [1.82, 2.24) is 0 Å². The minimum atomic E-state index is -4.21. The van der Waals surface area contributed by atoms with Gasteiger partial charge in [-0.05, 0) is 30.3 Å². The van der Waals surface area contributed by atoms with E-state index in [4.69, 9.17) is 14.2 Å². The number of halogens is 1. The molecule has 0 amide bonds. The van der Waals surface area contributed by atoms with Crippen LogP contribution < -0.4 is 14.2 Å². The molecule has 35 heavy (non-hydrogen) atoms. The average molecular weight is 563 g/mol. The van der Waals surface area contributed by atoms with Crippen LogP contribution in [0.3, 0.4) is 0 Å². The fourth-order valence-electron chi connectivity index (χ4n) is 3.28. The zero-order valence-electron chi connectivity index (χ0n) is 18.1. The van der Waals surface area contributed by atoms with Crippen molar-refractivity contribution < 1.29 is 32.3 Å². The van der Waals surface area contributed by atoms with Crippen LogP contribution in [0.4, 0.5) is 11.4 Å². The minimum absolute atomic E-state index is 0.0213. The van der Waals surface area contributed by atoms with Crippen molar-refractivity contribution in [3.8, 4) is 11.5 Å². The van der Waals surface area contributed by atoms with Gasteiger partial charge in [-0.1, -0.05) is 34.1 Å². The maximum Gasteiger partial charge on any atom is 0.340 e. The molecule has 0 atom stereocenters. The van der Waals surface area contributed by atoms with E-state index in [1.54, 1.807) is 24.3 Å². The Labute approximate surface area is 209 Å². The predicted molar refractivity (Wildman–Crippen MR) is 129 cm³/mol. The highest BCUT2D eigenvalue weighted by molar-refractivity contribution is 9.10. The normalized spacial score (nSPS) is 12.9. The molecule has 0 aliphatic carbocycles. The first-order chi connectivity index (χ1) is 16.7. The highest BCUT2D eigenvalue weighted by Gasteiger charge is 2.22. The quantitative estimate of drug-likeness (QED) is 0.249. The van der Waals surface area contributed by atoms with Gasteiger partial charge in [-0.15, -0.1) is 0 Å². The molecular formula is C23H19BrN2O8S. The third-order valence-electron chi connectivity index (χ3n) is 5.01.